The zero-order valence-corrected chi connectivity index (χ0v) is 11.8. The average molecular weight is 264 g/mol. The van der Waals surface area contributed by atoms with Crippen molar-refractivity contribution in [3.63, 3.8) is 0 Å². The molecular weight excluding hydrogens is 244 g/mol. The van der Waals surface area contributed by atoms with E-state index in [1.165, 1.54) is 11.1 Å². The topological polar surface area (TPSA) is 38.5 Å². The highest BCUT2D eigenvalue weighted by Gasteiger charge is 2.14. The number of fused-ring (bicyclic) bond motifs is 1. The number of thiocarbonyl (C=S) groups is 1. The number of nitrogens with two attached hydrogens (primary N) is 1. The highest BCUT2D eigenvalue weighted by molar-refractivity contribution is 7.80. The molecule has 18 heavy (non-hydrogen) atoms. The van der Waals surface area contributed by atoms with Gasteiger partial charge >= 0.3 is 0 Å². The molecule has 98 valence electrons. The van der Waals surface area contributed by atoms with E-state index in [9.17, 15) is 0 Å². The third kappa shape index (κ3) is 3.00. The van der Waals surface area contributed by atoms with Crippen molar-refractivity contribution in [3.05, 3.63) is 29.3 Å². The molecule has 1 aliphatic rings. The summed E-state index contributed by atoms with van der Waals surface area (Å²) in [6.07, 6.45) is 2.04. The molecule has 1 aromatic rings. The van der Waals surface area contributed by atoms with Crippen molar-refractivity contribution >= 4 is 17.2 Å². The molecular formula is C14H20N2OS. The summed E-state index contributed by atoms with van der Waals surface area (Å²) < 4.78 is 5.50. The van der Waals surface area contributed by atoms with Gasteiger partial charge in [-0.3, -0.25) is 4.90 Å². The van der Waals surface area contributed by atoms with E-state index < -0.39 is 0 Å². The lowest BCUT2D eigenvalue weighted by atomic mass is 10.1. The van der Waals surface area contributed by atoms with Crippen LogP contribution < -0.4 is 10.5 Å². The van der Waals surface area contributed by atoms with E-state index in [4.69, 9.17) is 22.7 Å². The fourth-order valence-electron chi connectivity index (χ4n) is 2.11. The van der Waals surface area contributed by atoms with E-state index in [-0.39, 0.29) is 6.04 Å². The number of hydrogen-bond donors (Lipinski definition) is 1. The Hall–Kier alpha value is -1.13. The fraction of sp³-hybridized carbons (Fsp3) is 0.500. The third-order valence-electron chi connectivity index (χ3n) is 3.58. The Balaban J connectivity index is 1.92. The zero-order valence-electron chi connectivity index (χ0n) is 11.0. The summed E-state index contributed by atoms with van der Waals surface area (Å²) in [4.78, 5) is 2.74. The van der Waals surface area contributed by atoms with Crippen LogP contribution in [-0.2, 0) is 12.8 Å². The highest BCUT2D eigenvalue weighted by Crippen LogP contribution is 2.26. The van der Waals surface area contributed by atoms with Crippen LogP contribution in [0.15, 0.2) is 18.2 Å². The van der Waals surface area contributed by atoms with Crippen LogP contribution in [0.3, 0.4) is 0 Å². The van der Waals surface area contributed by atoms with Crippen molar-refractivity contribution in [2.24, 2.45) is 5.73 Å². The van der Waals surface area contributed by atoms with Crippen LogP contribution in [0, 0.1) is 0 Å². The smallest absolute Gasteiger partial charge is 0.122 e. The van der Waals surface area contributed by atoms with Gasteiger partial charge in [0.15, 0.2) is 0 Å². The molecule has 0 bridgehead atoms. The van der Waals surface area contributed by atoms with Crippen LogP contribution in [-0.4, -0.2) is 36.1 Å². The lowest BCUT2D eigenvalue weighted by molar-refractivity contribution is 0.316. The van der Waals surface area contributed by atoms with Gasteiger partial charge in [-0.25, -0.2) is 0 Å². The zero-order chi connectivity index (χ0) is 13.1. The van der Waals surface area contributed by atoms with Crippen molar-refractivity contribution in [2.75, 3.05) is 20.2 Å². The minimum absolute atomic E-state index is 0.151. The Morgan fingerprint density at radius 1 is 1.56 bits per heavy atom. The SMILES string of the molecule is CC(C(N)=S)N(C)CCc1ccc2c(c1)CCO2. The molecule has 0 aliphatic carbocycles. The Morgan fingerprint density at radius 2 is 2.33 bits per heavy atom. The summed E-state index contributed by atoms with van der Waals surface area (Å²) >= 11 is 5.01. The summed E-state index contributed by atoms with van der Waals surface area (Å²) in [5.41, 5.74) is 8.33. The van der Waals surface area contributed by atoms with E-state index in [1.54, 1.807) is 0 Å². The average Bonchev–Trinajstić information content (AvgIpc) is 2.82. The van der Waals surface area contributed by atoms with Gasteiger partial charge < -0.3 is 10.5 Å². The standard InChI is InChI=1S/C14H20N2OS/c1-10(14(15)18)16(2)7-5-11-3-4-13-12(9-11)6-8-17-13/h3-4,9-10H,5-8H2,1-2H3,(H2,15,18). The monoisotopic (exact) mass is 264 g/mol. The second-order valence-corrected chi connectivity index (χ2v) is 5.32. The molecule has 0 aromatic heterocycles. The maximum Gasteiger partial charge on any atom is 0.122 e. The number of nitrogens with zero attached hydrogens (tertiary/aromatic N) is 1. The molecule has 0 saturated carbocycles. The van der Waals surface area contributed by atoms with Gasteiger partial charge in [-0.1, -0.05) is 24.4 Å². The second kappa shape index (κ2) is 5.67. The van der Waals surface area contributed by atoms with Crippen LogP contribution in [0.1, 0.15) is 18.1 Å². The first-order valence-corrected chi connectivity index (χ1v) is 6.73. The van der Waals surface area contributed by atoms with Gasteiger partial charge in [0.25, 0.3) is 0 Å². The first-order valence-electron chi connectivity index (χ1n) is 6.32. The first kappa shape index (κ1) is 13.3. The Kier molecular flexibility index (Phi) is 4.19. The predicted octanol–water partition coefficient (Wildman–Crippen LogP) is 1.77. The van der Waals surface area contributed by atoms with Crippen molar-refractivity contribution in [1.82, 2.24) is 4.90 Å². The Morgan fingerprint density at radius 3 is 3.06 bits per heavy atom. The molecule has 0 saturated heterocycles. The lowest BCUT2D eigenvalue weighted by Crippen LogP contribution is -2.40. The van der Waals surface area contributed by atoms with Gasteiger partial charge in [0.2, 0.25) is 0 Å². The predicted molar refractivity (Wildman–Crippen MR) is 78.2 cm³/mol. The van der Waals surface area contributed by atoms with Gasteiger partial charge in [-0.2, -0.15) is 0 Å². The van der Waals surface area contributed by atoms with Crippen molar-refractivity contribution in [3.8, 4) is 5.75 Å². The number of likely N-dealkylation sites (N-methyl/N-ethyl adjacent to an activating group) is 1. The van der Waals surface area contributed by atoms with Crippen LogP contribution in [0.2, 0.25) is 0 Å². The fourth-order valence-corrected chi connectivity index (χ4v) is 2.29. The number of benzene rings is 1. The normalized spacial score (nSPS) is 15.3. The molecule has 0 spiro atoms. The van der Waals surface area contributed by atoms with Crippen LogP contribution in [0.4, 0.5) is 0 Å². The molecule has 1 unspecified atom stereocenters. The number of ether oxygens (including phenoxy) is 1. The minimum atomic E-state index is 0.151. The van der Waals surface area contributed by atoms with Crippen LogP contribution in [0.5, 0.6) is 5.75 Å². The first-order chi connectivity index (χ1) is 8.58. The maximum atomic E-state index is 5.65. The minimum Gasteiger partial charge on any atom is -0.493 e. The molecule has 0 radical (unpaired) electrons. The molecule has 1 heterocycles. The highest BCUT2D eigenvalue weighted by atomic mass is 32.1. The quantitative estimate of drug-likeness (QED) is 0.823. The van der Waals surface area contributed by atoms with E-state index >= 15 is 0 Å². The van der Waals surface area contributed by atoms with Crippen molar-refractivity contribution in [1.29, 1.82) is 0 Å². The van der Waals surface area contributed by atoms with Crippen molar-refractivity contribution in [2.45, 2.75) is 25.8 Å². The number of rotatable bonds is 5. The van der Waals surface area contributed by atoms with E-state index in [2.05, 4.69) is 30.1 Å². The van der Waals surface area contributed by atoms with Gasteiger partial charge in [-0.15, -0.1) is 0 Å². The molecule has 0 fully saturated rings. The molecule has 1 atom stereocenters. The molecule has 0 amide bonds. The van der Waals surface area contributed by atoms with Gasteiger partial charge in [0, 0.05) is 13.0 Å². The molecule has 1 aliphatic heterocycles. The molecule has 2 rings (SSSR count). The summed E-state index contributed by atoms with van der Waals surface area (Å²) in [6, 6.07) is 6.62. The molecule has 3 nitrogen and oxygen atoms in total. The van der Waals surface area contributed by atoms with Gasteiger partial charge in [-0.05, 0) is 37.6 Å². The second-order valence-electron chi connectivity index (χ2n) is 4.85. The molecule has 2 N–H and O–H groups in total. The Bertz CT molecular complexity index is 447. The van der Waals surface area contributed by atoms with Crippen LogP contribution >= 0.6 is 12.2 Å². The van der Waals surface area contributed by atoms with Gasteiger partial charge in [0.1, 0.15) is 5.75 Å². The van der Waals surface area contributed by atoms with E-state index in [0.717, 1.165) is 31.7 Å². The maximum absolute atomic E-state index is 5.65. The molecule has 1 aromatic carbocycles. The summed E-state index contributed by atoms with van der Waals surface area (Å²) in [6.45, 7) is 3.81. The van der Waals surface area contributed by atoms with E-state index in [0.29, 0.717) is 4.99 Å². The molecule has 4 heteroatoms. The van der Waals surface area contributed by atoms with E-state index in [1.807, 2.05) is 6.92 Å². The third-order valence-corrected chi connectivity index (χ3v) is 3.92. The number of hydrogen-bond acceptors (Lipinski definition) is 3. The summed E-state index contributed by atoms with van der Waals surface area (Å²) in [7, 11) is 2.06. The summed E-state index contributed by atoms with van der Waals surface area (Å²) in [5.74, 6) is 1.05. The van der Waals surface area contributed by atoms with Crippen LogP contribution in [0.25, 0.3) is 0 Å². The lowest BCUT2D eigenvalue weighted by Gasteiger charge is -2.23. The van der Waals surface area contributed by atoms with Gasteiger partial charge in [0.05, 0.1) is 17.6 Å². The largest absolute Gasteiger partial charge is 0.493 e. The van der Waals surface area contributed by atoms with Crippen molar-refractivity contribution < 1.29 is 4.74 Å². The Labute approximate surface area is 114 Å². The summed E-state index contributed by atoms with van der Waals surface area (Å²) in [5, 5.41) is 0.